The Morgan fingerprint density at radius 3 is 2.95 bits per heavy atom. The molecule has 1 saturated heterocycles. The summed E-state index contributed by atoms with van der Waals surface area (Å²) in [6.07, 6.45) is 3.49. The van der Waals surface area contributed by atoms with E-state index in [2.05, 4.69) is 26.2 Å². The van der Waals surface area contributed by atoms with Gasteiger partial charge in [0.25, 0.3) is 0 Å². The van der Waals surface area contributed by atoms with Crippen LogP contribution in [0.3, 0.4) is 0 Å². The van der Waals surface area contributed by atoms with Gasteiger partial charge >= 0.3 is 6.09 Å². The van der Waals surface area contributed by atoms with Crippen LogP contribution in [0, 0.1) is 0 Å². The first kappa shape index (κ1) is 16.1. The molecule has 1 aliphatic heterocycles. The molecule has 2 heterocycles. The molecular formula is C15H22BrN3O2. The number of likely N-dealkylation sites (tertiary alicyclic amines) is 1. The fraction of sp³-hybridized carbons (Fsp3) is 0.600. The molecule has 116 valence electrons. The summed E-state index contributed by atoms with van der Waals surface area (Å²) in [5, 5.41) is 3.39. The van der Waals surface area contributed by atoms with Crippen LogP contribution in [0.2, 0.25) is 0 Å². The van der Waals surface area contributed by atoms with Crippen molar-refractivity contribution < 1.29 is 9.53 Å². The van der Waals surface area contributed by atoms with Crippen LogP contribution in [0.25, 0.3) is 0 Å². The molecule has 1 atom stereocenters. The quantitative estimate of drug-likeness (QED) is 0.879. The lowest BCUT2D eigenvalue weighted by atomic mass is 10.1. The Morgan fingerprint density at radius 1 is 1.52 bits per heavy atom. The largest absolute Gasteiger partial charge is 0.444 e. The van der Waals surface area contributed by atoms with E-state index in [-0.39, 0.29) is 12.1 Å². The molecule has 21 heavy (non-hydrogen) atoms. The van der Waals surface area contributed by atoms with Gasteiger partial charge in [-0.05, 0) is 61.7 Å². The maximum absolute atomic E-state index is 12.1. The lowest BCUT2D eigenvalue weighted by Crippen LogP contribution is -2.47. The highest BCUT2D eigenvalue weighted by Crippen LogP contribution is 2.22. The van der Waals surface area contributed by atoms with Gasteiger partial charge in [0.15, 0.2) is 0 Å². The Hall–Kier alpha value is -1.30. The second kappa shape index (κ2) is 6.64. The van der Waals surface area contributed by atoms with Gasteiger partial charge in [-0.3, -0.25) is 0 Å². The minimum atomic E-state index is -0.457. The van der Waals surface area contributed by atoms with Gasteiger partial charge < -0.3 is 15.0 Å². The Balaban J connectivity index is 1.95. The number of nitrogens with one attached hydrogen (secondary N) is 1. The van der Waals surface area contributed by atoms with Crippen molar-refractivity contribution in [3.05, 3.63) is 22.8 Å². The van der Waals surface area contributed by atoms with Gasteiger partial charge in [0.2, 0.25) is 0 Å². The summed E-state index contributed by atoms with van der Waals surface area (Å²) in [5.74, 6) is 0.813. The number of amides is 1. The first-order valence-corrected chi connectivity index (χ1v) is 7.99. The Kier molecular flexibility index (Phi) is 5.08. The van der Waals surface area contributed by atoms with Crippen LogP contribution >= 0.6 is 15.9 Å². The van der Waals surface area contributed by atoms with Gasteiger partial charge in [-0.2, -0.15) is 0 Å². The molecule has 1 N–H and O–H groups in total. The minimum absolute atomic E-state index is 0.192. The minimum Gasteiger partial charge on any atom is -0.444 e. The van der Waals surface area contributed by atoms with E-state index in [0.29, 0.717) is 6.54 Å². The molecule has 1 aromatic heterocycles. The number of halogens is 1. The highest BCUT2D eigenvalue weighted by molar-refractivity contribution is 9.10. The number of rotatable bonds is 2. The Labute approximate surface area is 134 Å². The number of ether oxygens (including phenoxy) is 1. The molecule has 6 heteroatoms. The fourth-order valence-corrected chi connectivity index (χ4v) is 2.64. The molecule has 1 aliphatic rings. The molecule has 1 amide bonds. The second-order valence-electron chi connectivity index (χ2n) is 6.24. The SMILES string of the molecule is CC(C)(C)OC(=O)N1CCCC(Nc2ncccc2Br)C1. The number of carbonyl (C=O) groups excluding carboxylic acids is 1. The van der Waals surface area contributed by atoms with Crippen LogP contribution in [-0.4, -0.2) is 40.7 Å². The van der Waals surface area contributed by atoms with E-state index in [1.807, 2.05) is 32.9 Å². The number of nitrogens with zero attached hydrogens (tertiary/aromatic N) is 2. The van der Waals surface area contributed by atoms with E-state index in [0.717, 1.165) is 29.7 Å². The van der Waals surface area contributed by atoms with Crippen LogP contribution in [0.5, 0.6) is 0 Å². The summed E-state index contributed by atoms with van der Waals surface area (Å²) in [6.45, 7) is 7.04. The highest BCUT2D eigenvalue weighted by atomic mass is 79.9. The van der Waals surface area contributed by atoms with Crippen LogP contribution in [-0.2, 0) is 4.74 Å². The van der Waals surface area contributed by atoms with Crippen molar-refractivity contribution in [1.29, 1.82) is 0 Å². The van der Waals surface area contributed by atoms with Gasteiger partial charge in [-0.1, -0.05) is 0 Å². The van der Waals surface area contributed by atoms with Gasteiger partial charge in [0.05, 0.1) is 4.47 Å². The Bertz CT molecular complexity index is 502. The van der Waals surface area contributed by atoms with Crippen molar-refractivity contribution >= 4 is 27.8 Å². The molecular weight excluding hydrogens is 334 g/mol. The summed E-state index contributed by atoms with van der Waals surface area (Å²) >= 11 is 3.48. The van der Waals surface area contributed by atoms with Crippen LogP contribution in [0.4, 0.5) is 10.6 Å². The standard InChI is InChI=1S/C15H22BrN3O2/c1-15(2,3)21-14(20)19-9-5-6-11(10-19)18-13-12(16)7-4-8-17-13/h4,7-8,11H,5-6,9-10H2,1-3H3,(H,17,18). The predicted molar refractivity (Wildman–Crippen MR) is 86.4 cm³/mol. The third-order valence-electron chi connectivity index (χ3n) is 3.17. The second-order valence-corrected chi connectivity index (χ2v) is 7.10. The smallest absolute Gasteiger partial charge is 0.410 e. The fourth-order valence-electron chi connectivity index (χ4n) is 2.27. The first-order valence-electron chi connectivity index (χ1n) is 7.20. The molecule has 1 fully saturated rings. The summed E-state index contributed by atoms with van der Waals surface area (Å²) < 4.78 is 6.36. The highest BCUT2D eigenvalue weighted by Gasteiger charge is 2.27. The van der Waals surface area contributed by atoms with Crippen LogP contribution in [0.15, 0.2) is 22.8 Å². The molecule has 1 unspecified atom stereocenters. The van der Waals surface area contributed by atoms with E-state index in [4.69, 9.17) is 4.74 Å². The lowest BCUT2D eigenvalue weighted by molar-refractivity contribution is 0.0206. The average molecular weight is 356 g/mol. The van der Waals surface area contributed by atoms with Gasteiger partial charge in [0.1, 0.15) is 11.4 Å². The van der Waals surface area contributed by atoms with Gasteiger partial charge in [0, 0.05) is 25.3 Å². The monoisotopic (exact) mass is 355 g/mol. The van der Waals surface area contributed by atoms with Crippen LogP contribution in [0.1, 0.15) is 33.6 Å². The van der Waals surface area contributed by atoms with E-state index in [9.17, 15) is 4.79 Å². The zero-order chi connectivity index (χ0) is 15.5. The number of carbonyl (C=O) groups is 1. The number of anilines is 1. The van der Waals surface area contributed by atoms with Gasteiger partial charge in [-0.15, -0.1) is 0 Å². The molecule has 0 bridgehead atoms. The summed E-state index contributed by atoms with van der Waals surface area (Å²) in [4.78, 5) is 18.2. The van der Waals surface area contributed by atoms with Gasteiger partial charge in [-0.25, -0.2) is 9.78 Å². The average Bonchev–Trinajstić information content (AvgIpc) is 2.40. The summed E-state index contributed by atoms with van der Waals surface area (Å²) in [7, 11) is 0. The molecule has 0 saturated carbocycles. The molecule has 0 spiro atoms. The number of piperidine rings is 1. The van der Waals surface area contributed by atoms with Crippen LogP contribution < -0.4 is 5.32 Å². The topological polar surface area (TPSA) is 54.5 Å². The zero-order valence-corrected chi connectivity index (χ0v) is 14.3. The molecule has 0 aromatic carbocycles. The normalized spacial score (nSPS) is 19.2. The third-order valence-corrected chi connectivity index (χ3v) is 3.81. The molecule has 5 nitrogen and oxygen atoms in total. The number of hydrogen-bond donors (Lipinski definition) is 1. The molecule has 2 rings (SSSR count). The number of aromatic nitrogens is 1. The van der Waals surface area contributed by atoms with Crippen molar-refractivity contribution in [1.82, 2.24) is 9.88 Å². The van der Waals surface area contributed by atoms with E-state index >= 15 is 0 Å². The lowest BCUT2D eigenvalue weighted by Gasteiger charge is -2.34. The number of hydrogen-bond acceptors (Lipinski definition) is 4. The maximum Gasteiger partial charge on any atom is 0.410 e. The molecule has 1 aromatic rings. The van der Waals surface area contributed by atoms with Crippen molar-refractivity contribution in [2.75, 3.05) is 18.4 Å². The van der Waals surface area contributed by atoms with Crippen molar-refractivity contribution in [2.24, 2.45) is 0 Å². The zero-order valence-electron chi connectivity index (χ0n) is 12.7. The third kappa shape index (κ3) is 4.88. The summed E-state index contributed by atoms with van der Waals surface area (Å²) in [6, 6.07) is 4.02. The molecule has 0 radical (unpaired) electrons. The van der Waals surface area contributed by atoms with Crippen molar-refractivity contribution in [2.45, 2.75) is 45.3 Å². The predicted octanol–water partition coefficient (Wildman–Crippen LogP) is 3.66. The van der Waals surface area contributed by atoms with Crippen molar-refractivity contribution in [3.63, 3.8) is 0 Å². The van der Waals surface area contributed by atoms with Crippen molar-refractivity contribution in [3.8, 4) is 0 Å². The molecule has 0 aliphatic carbocycles. The first-order chi connectivity index (χ1) is 9.85. The maximum atomic E-state index is 12.1. The summed E-state index contributed by atoms with van der Waals surface area (Å²) in [5.41, 5.74) is -0.457. The number of pyridine rings is 1. The van der Waals surface area contributed by atoms with E-state index < -0.39 is 5.60 Å². The van der Waals surface area contributed by atoms with E-state index in [1.165, 1.54) is 0 Å². The van der Waals surface area contributed by atoms with E-state index in [1.54, 1.807) is 11.1 Å². The Morgan fingerprint density at radius 2 is 2.29 bits per heavy atom.